The summed E-state index contributed by atoms with van der Waals surface area (Å²) in [5.74, 6) is 2.25. The van der Waals surface area contributed by atoms with E-state index in [2.05, 4.69) is 25.7 Å². The van der Waals surface area contributed by atoms with Crippen molar-refractivity contribution in [3.8, 4) is 10.7 Å². The number of aromatic nitrogens is 6. The van der Waals surface area contributed by atoms with Crippen LogP contribution in [0.1, 0.15) is 12.3 Å². The summed E-state index contributed by atoms with van der Waals surface area (Å²) in [5.41, 5.74) is 0. The van der Waals surface area contributed by atoms with Crippen LogP contribution < -0.4 is 0 Å². The van der Waals surface area contributed by atoms with Crippen LogP contribution in [0, 0.1) is 0 Å². The zero-order valence-electron chi connectivity index (χ0n) is 10.8. The SMILES string of the molecule is Cn1nnnc1SCCCc1nc(-c2cccs2)no1. The van der Waals surface area contributed by atoms with E-state index in [4.69, 9.17) is 4.52 Å². The van der Waals surface area contributed by atoms with Crippen LogP contribution in [0.25, 0.3) is 10.7 Å². The molecular formula is C11H12N6OS2. The number of aryl methyl sites for hydroxylation is 2. The third-order valence-electron chi connectivity index (χ3n) is 2.56. The predicted molar refractivity (Wildman–Crippen MR) is 75.5 cm³/mol. The van der Waals surface area contributed by atoms with E-state index >= 15 is 0 Å². The number of thiophene rings is 1. The lowest BCUT2D eigenvalue weighted by Gasteiger charge is -1.97. The predicted octanol–water partition coefficient (Wildman–Crippen LogP) is 2.05. The summed E-state index contributed by atoms with van der Waals surface area (Å²) in [4.78, 5) is 5.41. The molecular weight excluding hydrogens is 296 g/mol. The highest BCUT2D eigenvalue weighted by atomic mass is 32.2. The number of thioether (sulfide) groups is 1. The van der Waals surface area contributed by atoms with Gasteiger partial charge in [0.2, 0.25) is 16.9 Å². The van der Waals surface area contributed by atoms with Gasteiger partial charge in [0.25, 0.3) is 0 Å². The topological polar surface area (TPSA) is 82.5 Å². The molecule has 3 rings (SSSR count). The van der Waals surface area contributed by atoms with E-state index < -0.39 is 0 Å². The molecule has 0 spiro atoms. The molecule has 3 heterocycles. The molecule has 20 heavy (non-hydrogen) atoms. The summed E-state index contributed by atoms with van der Waals surface area (Å²) in [6.45, 7) is 0. The van der Waals surface area contributed by atoms with Crippen LogP contribution in [0.2, 0.25) is 0 Å². The molecule has 3 aromatic heterocycles. The Kier molecular flexibility index (Phi) is 4.07. The van der Waals surface area contributed by atoms with E-state index in [-0.39, 0.29) is 0 Å². The maximum absolute atomic E-state index is 5.24. The molecule has 0 saturated carbocycles. The fourth-order valence-electron chi connectivity index (χ4n) is 1.59. The molecule has 0 fully saturated rings. The molecule has 0 bridgehead atoms. The third kappa shape index (κ3) is 3.05. The number of hydrogen-bond donors (Lipinski definition) is 0. The molecule has 0 saturated heterocycles. The Labute approximate surface area is 123 Å². The van der Waals surface area contributed by atoms with Crippen molar-refractivity contribution in [2.45, 2.75) is 18.0 Å². The second kappa shape index (κ2) is 6.14. The van der Waals surface area contributed by atoms with Gasteiger partial charge < -0.3 is 4.52 Å². The maximum Gasteiger partial charge on any atom is 0.227 e. The average molecular weight is 308 g/mol. The number of hydrogen-bond acceptors (Lipinski definition) is 8. The monoisotopic (exact) mass is 308 g/mol. The van der Waals surface area contributed by atoms with Crippen LogP contribution >= 0.6 is 23.1 Å². The minimum atomic E-state index is 0.667. The molecule has 9 heteroatoms. The minimum absolute atomic E-state index is 0.667. The first kappa shape index (κ1) is 13.3. The minimum Gasteiger partial charge on any atom is -0.339 e. The van der Waals surface area contributed by atoms with Crippen LogP contribution in [-0.4, -0.2) is 36.1 Å². The van der Waals surface area contributed by atoms with Gasteiger partial charge in [0.1, 0.15) is 0 Å². The summed E-state index contributed by atoms with van der Waals surface area (Å²) < 4.78 is 6.90. The van der Waals surface area contributed by atoms with Crippen LogP contribution in [0.3, 0.4) is 0 Å². The van der Waals surface area contributed by atoms with Gasteiger partial charge in [-0.1, -0.05) is 23.0 Å². The van der Waals surface area contributed by atoms with Gasteiger partial charge in [-0.05, 0) is 28.3 Å². The molecule has 7 nitrogen and oxygen atoms in total. The van der Waals surface area contributed by atoms with Crippen LogP contribution in [0.15, 0.2) is 27.2 Å². The first-order valence-electron chi connectivity index (χ1n) is 6.04. The van der Waals surface area contributed by atoms with Crippen LogP contribution in [0.5, 0.6) is 0 Å². The lowest BCUT2D eigenvalue weighted by atomic mass is 10.3. The zero-order valence-corrected chi connectivity index (χ0v) is 12.4. The molecule has 3 aromatic rings. The second-order valence-electron chi connectivity index (χ2n) is 4.03. The Morgan fingerprint density at radius 1 is 1.45 bits per heavy atom. The molecule has 0 aromatic carbocycles. The molecule has 0 amide bonds. The van der Waals surface area contributed by atoms with Crippen molar-refractivity contribution >= 4 is 23.1 Å². The van der Waals surface area contributed by atoms with Gasteiger partial charge in [0.15, 0.2) is 0 Å². The van der Waals surface area contributed by atoms with Gasteiger partial charge in [0, 0.05) is 19.2 Å². The summed E-state index contributed by atoms with van der Waals surface area (Å²) in [5, 5.41) is 18.1. The average Bonchev–Trinajstić information content (AvgIpc) is 3.17. The highest BCUT2D eigenvalue weighted by Gasteiger charge is 2.09. The highest BCUT2D eigenvalue weighted by molar-refractivity contribution is 7.99. The Morgan fingerprint density at radius 2 is 2.40 bits per heavy atom. The highest BCUT2D eigenvalue weighted by Crippen LogP contribution is 2.22. The van der Waals surface area contributed by atoms with E-state index in [9.17, 15) is 0 Å². The van der Waals surface area contributed by atoms with Crippen molar-refractivity contribution in [1.29, 1.82) is 0 Å². The molecule has 0 atom stereocenters. The van der Waals surface area contributed by atoms with E-state index in [0.717, 1.165) is 28.6 Å². The molecule has 104 valence electrons. The van der Waals surface area contributed by atoms with Gasteiger partial charge in [-0.3, -0.25) is 0 Å². The number of rotatable bonds is 6. The van der Waals surface area contributed by atoms with Gasteiger partial charge in [-0.2, -0.15) is 4.98 Å². The van der Waals surface area contributed by atoms with Crippen molar-refractivity contribution in [3.05, 3.63) is 23.4 Å². The largest absolute Gasteiger partial charge is 0.339 e. The molecule has 0 aliphatic rings. The zero-order chi connectivity index (χ0) is 13.8. The van der Waals surface area contributed by atoms with Gasteiger partial charge in [0.05, 0.1) is 4.88 Å². The lowest BCUT2D eigenvalue weighted by molar-refractivity contribution is 0.378. The Bertz CT molecular complexity index is 662. The smallest absolute Gasteiger partial charge is 0.227 e. The number of tetrazole rings is 1. The van der Waals surface area contributed by atoms with Gasteiger partial charge >= 0.3 is 0 Å². The molecule has 0 aliphatic heterocycles. The first-order chi connectivity index (χ1) is 9.83. The molecule has 0 N–H and O–H groups in total. The van der Waals surface area contributed by atoms with Crippen LogP contribution in [-0.2, 0) is 13.5 Å². The quantitative estimate of drug-likeness (QED) is 0.509. The van der Waals surface area contributed by atoms with E-state index in [1.165, 1.54) is 0 Å². The second-order valence-corrected chi connectivity index (χ2v) is 6.04. The van der Waals surface area contributed by atoms with Crippen molar-refractivity contribution < 1.29 is 4.52 Å². The van der Waals surface area contributed by atoms with Crippen LogP contribution in [0.4, 0.5) is 0 Å². The Balaban J connectivity index is 1.48. The maximum atomic E-state index is 5.24. The molecule has 0 radical (unpaired) electrons. The van der Waals surface area contributed by atoms with Crippen molar-refractivity contribution in [2.24, 2.45) is 7.05 Å². The normalized spacial score (nSPS) is 11.1. The van der Waals surface area contributed by atoms with Crippen molar-refractivity contribution in [2.75, 3.05) is 5.75 Å². The summed E-state index contributed by atoms with van der Waals surface area (Å²) in [7, 11) is 1.83. The molecule has 0 unspecified atom stereocenters. The van der Waals surface area contributed by atoms with Gasteiger partial charge in [-0.15, -0.1) is 16.4 Å². The summed E-state index contributed by atoms with van der Waals surface area (Å²) in [6.07, 6.45) is 1.69. The molecule has 0 aliphatic carbocycles. The Morgan fingerprint density at radius 3 is 3.15 bits per heavy atom. The summed E-state index contributed by atoms with van der Waals surface area (Å²) >= 11 is 3.22. The fraction of sp³-hybridized carbons (Fsp3) is 0.364. The van der Waals surface area contributed by atoms with E-state index in [1.54, 1.807) is 27.8 Å². The van der Waals surface area contributed by atoms with E-state index in [0.29, 0.717) is 11.7 Å². The Hall–Kier alpha value is -1.74. The first-order valence-corrected chi connectivity index (χ1v) is 7.91. The third-order valence-corrected chi connectivity index (χ3v) is 4.52. The summed E-state index contributed by atoms with van der Waals surface area (Å²) in [6, 6.07) is 3.96. The van der Waals surface area contributed by atoms with E-state index in [1.807, 2.05) is 24.6 Å². The van der Waals surface area contributed by atoms with Gasteiger partial charge in [-0.25, -0.2) is 4.68 Å². The number of nitrogens with zero attached hydrogens (tertiary/aromatic N) is 6. The fourth-order valence-corrected chi connectivity index (χ4v) is 3.03. The standard InChI is InChI=1S/C11H12N6OS2/c1-17-11(13-15-16-17)20-7-3-5-9-12-10(14-18-9)8-4-2-6-19-8/h2,4,6H,3,5,7H2,1H3. The van der Waals surface area contributed by atoms with Crippen molar-refractivity contribution in [1.82, 2.24) is 30.3 Å². The lowest BCUT2D eigenvalue weighted by Crippen LogP contribution is -1.94. The van der Waals surface area contributed by atoms with Crippen molar-refractivity contribution in [3.63, 3.8) is 0 Å².